The molecule has 1 heterocycles. The summed E-state index contributed by atoms with van der Waals surface area (Å²) in [6.07, 6.45) is 4.72. The third-order valence-corrected chi connectivity index (χ3v) is 5.36. The zero-order chi connectivity index (χ0) is 16.4. The minimum absolute atomic E-state index is 0.0634. The van der Waals surface area contributed by atoms with Gasteiger partial charge in [-0.25, -0.2) is 0 Å². The van der Waals surface area contributed by atoms with Crippen LogP contribution in [0.5, 0.6) is 11.5 Å². The van der Waals surface area contributed by atoms with Gasteiger partial charge in [-0.15, -0.1) is 0 Å². The number of fused-ring (bicyclic) bond motifs is 1. The molecule has 0 bridgehead atoms. The Morgan fingerprint density at radius 3 is 2.48 bits per heavy atom. The van der Waals surface area contributed by atoms with Crippen molar-refractivity contribution in [2.24, 2.45) is 5.73 Å². The molecule has 1 aliphatic heterocycles. The number of amides is 1. The van der Waals surface area contributed by atoms with E-state index in [0.29, 0.717) is 13.2 Å². The average Bonchev–Trinajstić information content (AvgIpc) is 2.54. The normalized spacial score (nSPS) is 20.7. The summed E-state index contributed by atoms with van der Waals surface area (Å²) in [6.45, 7) is 3.06. The van der Waals surface area contributed by atoms with Gasteiger partial charge in [-0.2, -0.15) is 0 Å². The van der Waals surface area contributed by atoms with Gasteiger partial charge in [0.2, 0.25) is 5.91 Å². The second kappa shape index (κ2) is 6.69. The van der Waals surface area contributed by atoms with E-state index >= 15 is 0 Å². The van der Waals surface area contributed by atoms with Gasteiger partial charge < -0.3 is 20.5 Å². The van der Waals surface area contributed by atoms with Crippen LogP contribution in [0.2, 0.25) is 0 Å². The first-order chi connectivity index (χ1) is 11.0. The standard InChI is InChI=1S/C17H23BrN2O3/c1-11(20-16(21)17(19)5-3-2-4-6-17)12-9-14-15(10-13(12)18)23-8-7-22-14/h9-11H,2-8,19H2,1H3,(H,20,21). The Morgan fingerprint density at radius 1 is 1.22 bits per heavy atom. The lowest BCUT2D eigenvalue weighted by molar-refractivity contribution is -0.128. The van der Waals surface area contributed by atoms with Gasteiger partial charge >= 0.3 is 0 Å². The fourth-order valence-corrected chi connectivity index (χ4v) is 3.91. The first-order valence-corrected chi connectivity index (χ1v) is 8.98. The highest BCUT2D eigenvalue weighted by molar-refractivity contribution is 9.10. The van der Waals surface area contributed by atoms with Gasteiger partial charge in [0.1, 0.15) is 13.2 Å². The van der Waals surface area contributed by atoms with Crippen molar-refractivity contribution >= 4 is 21.8 Å². The van der Waals surface area contributed by atoms with Crippen molar-refractivity contribution in [2.75, 3.05) is 13.2 Å². The summed E-state index contributed by atoms with van der Waals surface area (Å²) in [5, 5.41) is 3.06. The van der Waals surface area contributed by atoms with Crippen molar-refractivity contribution in [1.29, 1.82) is 0 Å². The number of rotatable bonds is 3. The number of nitrogens with one attached hydrogen (secondary N) is 1. The predicted molar refractivity (Wildman–Crippen MR) is 91.7 cm³/mol. The topological polar surface area (TPSA) is 73.6 Å². The summed E-state index contributed by atoms with van der Waals surface area (Å²) in [5.74, 6) is 1.38. The number of halogens is 1. The lowest BCUT2D eigenvalue weighted by atomic mass is 9.81. The molecular weight excluding hydrogens is 360 g/mol. The second-order valence-corrected chi connectivity index (χ2v) is 7.28. The van der Waals surface area contributed by atoms with Gasteiger partial charge in [0.05, 0.1) is 11.6 Å². The fourth-order valence-electron chi connectivity index (χ4n) is 3.24. The van der Waals surface area contributed by atoms with Gasteiger partial charge in [-0.05, 0) is 37.5 Å². The summed E-state index contributed by atoms with van der Waals surface area (Å²) >= 11 is 3.56. The van der Waals surface area contributed by atoms with E-state index in [1.807, 2.05) is 19.1 Å². The maximum atomic E-state index is 12.6. The minimum Gasteiger partial charge on any atom is -0.486 e. The van der Waals surface area contributed by atoms with Crippen LogP contribution in [0.1, 0.15) is 50.6 Å². The zero-order valence-electron chi connectivity index (χ0n) is 13.4. The molecule has 1 aromatic rings. The smallest absolute Gasteiger partial charge is 0.240 e. The first kappa shape index (κ1) is 16.6. The van der Waals surface area contributed by atoms with Crippen molar-refractivity contribution in [2.45, 2.75) is 50.6 Å². The second-order valence-electron chi connectivity index (χ2n) is 6.43. The molecule has 1 aliphatic carbocycles. The molecule has 5 nitrogen and oxygen atoms in total. The maximum Gasteiger partial charge on any atom is 0.240 e. The van der Waals surface area contributed by atoms with Crippen LogP contribution in [0.25, 0.3) is 0 Å². The molecule has 1 aromatic carbocycles. The molecule has 1 saturated carbocycles. The number of benzene rings is 1. The molecule has 3 N–H and O–H groups in total. The van der Waals surface area contributed by atoms with Crippen molar-refractivity contribution in [3.05, 3.63) is 22.2 Å². The van der Waals surface area contributed by atoms with Crippen LogP contribution in [-0.4, -0.2) is 24.7 Å². The Kier molecular flexibility index (Phi) is 4.82. The van der Waals surface area contributed by atoms with Crippen LogP contribution in [-0.2, 0) is 4.79 Å². The van der Waals surface area contributed by atoms with Gasteiger partial charge in [0, 0.05) is 4.47 Å². The average molecular weight is 383 g/mol. The monoisotopic (exact) mass is 382 g/mol. The van der Waals surface area contributed by atoms with Crippen LogP contribution in [0.3, 0.4) is 0 Å². The van der Waals surface area contributed by atoms with Crippen molar-refractivity contribution < 1.29 is 14.3 Å². The Bertz CT molecular complexity index is 600. The van der Waals surface area contributed by atoms with E-state index in [2.05, 4.69) is 21.2 Å². The number of carbonyl (C=O) groups excluding carboxylic acids is 1. The summed E-state index contributed by atoms with van der Waals surface area (Å²) in [7, 11) is 0. The van der Waals surface area contributed by atoms with E-state index in [0.717, 1.165) is 53.6 Å². The first-order valence-electron chi connectivity index (χ1n) is 8.18. The highest BCUT2D eigenvalue weighted by atomic mass is 79.9. The summed E-state index contributed by atoms with van der Waals surface area (Å²) in [4.78, 5) is 12.6. The lowest BCUT2D eigenvalue weighted by Crippen LogP contribution is -2.55. The van der Waals surface area contributed by atoms with Gasteiger partial charge in [0.15, 0.2) is 11.5 Å². The largest absolute Gasteiger partial charge is 0.486 e. The van der Waals surface area contributed by atoms with E-state index in [9.17, 15) is 4.79 Å². The molecule has 0 radical (unpaired) electrons. The molecule has 0 spiro atoms. The highest BCUT2D eigenvalue weighted by Gasteiger charge is 2.36. The number of nitrogens with two attached hydrogens (primary N) is 1. The molecule has 23 heavy (non-hydrogen) atoms. The van der Waals surface area contributed by atoms with E-state index < -0.39 is 5.54 Å². The Labute approximate surface area is 145 Å². The van der Waals surface area contributed by atoms with Crippen LogP contribution in [0.4, 0.5) is 0 Å². The Balaban J connectivity index is 1.75. The van der Waals surface area contributed by atoms with E-state index in [1.54, 1.807) is 0 Å². The van der Waals surface area contributed by atoms with Crippen molar-refractivity contribution in [3.8, 4) is 11.5 Å². The molecule has 3 rings (SSSR count). The SMILES string of the molecule is CC(NC(=O)C1(N)CCCCC1)c1cc2c(cc1Br)OCCO2. The Hall–Kier alpha value is -1.27. The molecule has 6 heteroatoms. The predicted octanol–water partition coefficient (Wildman–Crippen LogP) is 3.06. The number of hydrogen-bond acceptors (Lipinski definition) is 4. The molecular formula is C17H23BrN2O3. The molecule has 1 atom stereocenters. The minimum atomic E-state index is -0.729. The van der Waals surface area contributed by atoms with E-state index in [4.69, 9.17) is 15.2 Å². The molecule has 1 amide bonds. The summed E-state index contributed by atoms with van der Waals surface area (Å²) in [5.41, 5.74) is 6.54. The van der Waals surface area contributed by atoms with E-state index in [-0.39, 0.29) is 11.9 Å². The molecule has 0 saturated heterocycles. The van der Waals surface area contributed by atoms with Gasteiger partial charge in [0.25, 0.3) is 0 Å². The molecule has 1 fully saturated rings. The van der Waals surface area contributed by atoms with Gasteiger partial charge in [-0.1, -0.05) is 35.2 Å². The van der Waals surface area contributed by atoms with Gasteiger partial charge in [-0.3, -0.25) is 4.79 Å². The summed E-state index contributed by atoms with van der Waals surface area (Å²) in [6, 6.07) is 3.66. The van der Waals surface area contributed by atoms with E-state index in [1.165, 1.54) is 0 Å². The quantitative estimate of drug-likeness (QED) is 0.842. The van der Waals surface area contributed by atoms with Crippen molar-refractivity contribution in [1.82, 2.24) is 5.32 Å². The third kappa shape index (κ3) is 3.48. The maximum absolute atomic E-state index is 12.6. The molecule has 0 aromatic heterocycles. The Morgan fingerprint density at radius 2 is 1.83 bits per heavy atom. The molecule has 2 aliphatic rings. The number of hydrogen-bond donors (Lipinski definition) is 2. The third-order valence-electron chi connectivity index (χ3n) is 4.67. The van der Waals surface area contributed by atoms with Crippen LogP contribution < -0.4 is 20.5 Å². The summed E-state index contributed by atoms with van der Waals surface area (Å²) < 4.78 is 12.1. The molecule has 126 valence electrons. The lowest BCUT2D eigenvalue weighted by Gasteiger charge is -2.33. The van der Waals surface area contributed by atoms with Crippen LogP contribution in [0, 0.1) is 0 Å². The molecule has 1 unspecified atom stereocenters. The van der Waals surface area contributed by atoms with Crippen LogP contribution >= 0.6 is 15.9 Å². The van der Waals surface area contributed by atoms with Crippen molar-refractivity contribution in [3.63, 3.8) is 0 Å². The zero-order valence-corrected chi connectivity index (χ0v) is 14.9. The fraction of sp³-hybridized carbons (Fsp3) is 0.588. The van der Waals surface area contributed by atoms with Crippen LogP contribution in [0.15, 0.2) is 16.6 Å². The number of ether oxygens (including phenoxy) is 2. The highest BCUT2D eigenvalue weighted by Crippen LogP contribution is 2.38. The number of carbonyl (C=O) groups is 1.